The Morgan fingerprint density at radius 1 is 1.05 bits per heavy atom. The standard InChI is InChI=1S/C31H33N3O2S2/c1-31(2,3)21-14-15-24-25(18-32)30(38-26(24)16-21)34-29(36)27(19-8-5-4-6-9-19)37-23-11-7-10-22(17-23)33-28(35)20-12-13-20/h4-11,17,20-21,27H,12-16H2,1-3H3,(H,33,35)(H,34,36). The van der Waals surface area contributed by atoms with Gasteiger partial charge in [0, 0.05) is 21.4 Å². The third-order valence-electron chi connectivity index (χ3n) is 7.48. The molecule has 0 bridgehead atoms. The van der Waals surface area contributed by atoms with Crippen molar-refractivity contribution in [2.45, 2.75) is 63.0 Å². The quantitative estimate of drug-likeness (QED) is 0.301. The number of carbonyl (C=O) groups is 2. The molecule has 2 atom stereocenters. The fourth-order valence-electron chi connectivity index (χ4n) is 4.98. The van der Waals surface area contributed by atoms with E-state index in [2.05, 4.69) is 37.5 Å². The fourth-order valence-corrected chi connectivity index (χ4v) is 7.35. The molecule has 2 aliphatic rings. The van der Waals surface area contributed by atoms with E-state index in [1.165, 1.54) is 16.6 Å². The Morgan fingerprint density at radius 3 is 2.50 bits per heavy atom. The van der Waals surface area contributed by atoms with Crippen molar-refractivity contribution in [1.29, 1.82) is 5.26 Å². The van der Waals surface area contributed by atoms with Crippen LogP contribution in [-0.4, -0.2) is 11.8 Å². The van der Waals surface area contributed by atoms with Gasteiger partial charge in [-0.3, -0.25) is 9.59 Å². The Kier molecular flexibility index (Phi) is 7.65. The monoisotopic (exact) mass is 543 g/mol. The second-order valence-electron chi connectivity index (χ2n) is 11.3. The first-order valence-corrected chi connectivity index (χ1v) is 14.9. The molecule has 2 aromatic carbocycles. The average Bonchev–Trinajstić information content (AvgIpc) is 3.69. The predicted molar refractivity (Wildman–Crippen MR) is 155 cm³/mol. The van der Waals surface area contributed by atoms with Crippen LogP contribution in [0.5, 0.6) is 0 Å². The molecule has 196 valence electrons. The first-order chi connectivity index (χ1) is 18.2. The van der Waals surface area contributed by atoms with Crippen molar-refractivity contribution in [3.05, 3.63) is 76.2 Å². The third-order valence-corrected chi connectivity index (χ3v) is 9.90. The smallest absolute Gasteiger partial charge is 0.243 e. The third kappa shape index (κ3) is 5.98. The molecule has 0 saturated heterocycles. The van der Waals surface area contributed by atoms with E-state index in [-0.39, 0.29) is 23.1 Å². The highest BCUT2D eigenvalue weighted by atomic mass is 32.2. The van der Waals surface area contributed by atoms with E-state index in [1.54, 1.807) is 11.3 Å². The molecule has 3 aromatic rings. The van der Waals surface area contributed by atoms with E-state index in [4.69, 9.17) is 0 Å². The second kappa shape index (κ2) is 11.0. The normalized spacial score (nSPS) is 17.7. The summed E-state index contributed by atoms with van der Waals surface area (Å²) in [7, 11) is 0. The molecular formula is C31H33N3O2S2. The minimum Gasteiger partial charge on any atom is -0.326 e. The molecule has 0 radical (unpaired) electrons. The molecule has 0 spiro atoms. The Morgan fingerprint density at radius 2 is 1.82 bits per heavy atom. The van der Waals surface area contributed by atoms with E-state index >= 15 is 0 Å². The summed E-state index contributed by atoms with van der Waals surface area (Å²) >= 11 is 3.01. The van der Waals surface area contributed by atoms with Crippen LogP contribution in [0.4, 0.5) is 10.7 Å². The largest absolute Gasteiger partial charge is 0.326 e. The van der Waals surface area contributed by atoms with Gasteiger partial charge < -0.3 is 10.6 Å². The molecule has 1 heterocycles. The second-order valence-corrected chi connectivity index (χ2v) is 13.6. The van der Waals surface area contributed by atoms with Crippen LogP contribution >= 0.6 is 23.1 Å². The summed E-state index contributed by atoms with van der Waals surface area (Å²) in [6.07, 6.45) is 4.78. The van der Waals surface area contributed by atoms with Crippen LogP contribution < -0.4 is 10.6 Å². The van der Waals surface area contributed by atoms with Crippen molar-refractivity contribution in [3.63, 3.8) is 0 Å². The highest BCUT2D eigenvalue weighted by Gasteiger charge is 2.33. The molecule has 1 aromatic heterocycles. The van der Waals surface area contributed by atoms with Gasteiger partial charge >= 0.3 is 0 Å². The lowest BCUT2D eigenvalue weighted by molar-refractivity contribution is -0.117. The van der Waals surface area contributed by atoms with Gasteiger partial charge in [-0.25, -0.2) is 0 Å². The summed E-state index contributed by atoms with van der Waals surface area (Å²) in [5.41, 5.74) is 3.56. The van der Waals surface area contributed by atoms with E-state index in [0.717, 1.165) is 53.8 Å². The number of nitrogens with zero attached hydrogens (tertiary/aromatic N) is 1. The zero-order chi connectivity index (χ0) is 26.9. The average molecular weight is 544 g/mol. The van der Waals surface area contributed by atoms with Crippen molar-refractivity contribution in [1.82, 2.24) is 0 Å². The summed E-state index contributed by atoms with van der Waals surface area (Å²) in [4.78, 5) is 28.1. The molecule has 2 N–H and O–H groups in total. The molecule has 1 saturated carbocycles. The molecule has 0 aliphatic heterocycles. The summed E-state index contributed by atoms with van der Waals surface area (Å²) < 4.78 is 0. The van der Waals surface area contributed by atoms with Gasteiger partial charge in [0.15, 0.2) is 0 Å². The minimum atomic E-state index is -0.515. The zero-order valence-corrected chi connectivity index (χ0v) is 23.7. The van der Waals surface area contributed by atoms with Crippen LogP contribution in [0.3, 0.4) is 0 Å². The molecule has 2 aliphatic carbocycles. The lowest BCUT2D eigenvalue weighted by Gasteiger charge is -2.33. The van der Waals surface area contributed by atoms with Gasteiger partial charge in [0.2, 0.25) is 11.8 Å². The van der Waals surface area contributed by atoms with E-state index in [1.807, 2.05) is 54.6 Å². The van der Waals surface area contributed by atoms with Gasteiger partial charge in [0.25, 0.3) is 0 Å². The van der Waals surface area contributed by atoms with Crippen molar-refractivity contribution >= 4 is 45.6 Å². The maximum atomic E-state index is 13.8. The Bertz CT molecular complexity index is 1380. The van der Waals surface area contributed by atoms with Crippen molar-refractivity contribution < 1.29 is 9.59 Å². The van der Waals surface area contributed by atoms with Gasteiger partial charge in [-0.2, -0.15) is 5.26 Å². The number of thiophene rings is 1. The lowest BCUT2D eigenvalue weighted by Crippen LogP contribution is -2.26. The summed E-state index contributed by atoms with van der Waals surface area (Å²) in [5, 5.41) is 16.3. The highest BCUT2D eigenvalue weighted by molar-refractivity contribution is 8.00. The number of nitrogens with one attached hydrogen (secondary N) is 2. The zero-order valence-electron chi connectivity index (χ0n) is 22.0. The van der Waals surface area contributed by atoms with E-state index in [9.17, 15) is 14.9 Å². The molecule has 7 heteroatoms. The molecule has 2 amide bonds. The van der Waals surface area contributed by atoms with Crippen LogP contribution in [-0.2, 0) is 22.4 Å². The number of carbonyl (C=O) groups excluding carboxylic acids is 2. The van der Waals surface area contributed by atoms with Gasteiger partial charge in [-0.05, 0) is 72.8 Å². The summed E-state index contributed by atoms with van der Waals surface area (Å²) in [5.74, 6) is 0.586. The number of anilines is 2. The molecule has 5 nitrogen and oxygen atoms in total. The van der Waals surface area contributed by atoms with Crippen LogP contribution in [0.25, 0.3) is 0 Å². The summed E-state index contributed by atoms with van der Waals surface area (Å²) in [6.45, 7) is 6.83. The number of rotatable bonds is 7. The van der Waals surface area contributed by atoms with Crippen molar-refractivity contribution in [2.75, 3.05) is 10.6 Å². The number of hydrogen-bond acceptors (Lipinski definition) is 5. The van der Waals surface area contributed by atoms with Gasteiger partial charge in [0.05, 0.1) is 5.56 Å². The number of fused-ring (bicyclic) bond motifs is 1. The van der Waals surface area contributed by atoms with E-state index in [0.29, 0.717) is 16.5 Å². The van der Waals surface area contributed by atoms with Crippen LogP contribution in [0.15, 0.2) is 59.5 Å². The maximum Gasteiger partial charge on any atom is 0.243 e. The van der Waals surface area contributed by atoms with Crippen LogP contribution in [0.2, 0.25) is 0 Å². The van der Waals surface area contributed by atoms with Gasteiger partial charge in [0.1, 0.15) is 16.3 Å². The highest BCUT2D eigenvalue weighted by Crippen LogP contribution is 2.45. The Balaban J connectivity index is 1.38. The maximum absolute atomic E-state index is 13.8. The molecular weight excluding hydrogens is 510 g/mol. The summed E-state index contributed by atoms with van der Waals surface area (Å²) in [6, 6.07) is 19.7. The van der Waals surface area contributed by atoms with Crippen molar-refractivity contribution in [2.24, 2.45) is 17.3 Å². The number of thioether (sulfide) groups is 1. The van der Waals surface area contributed by atoms with Crippen LogP contribution in [0, 0.1) is 28.6 Å². The first-order valence-electron chi connectivity index (χ1n) is 13.2. The lowest BCUT2D eigenvalue weighted by atomic mass is 9.72. The number of benzene rings is 2. The first kappa shape index (κ1) is 26.5. The van der Waals surface area contributed by atoms with Crippen molar-refractivity contribution in [3.8, 4) is 6.07 Å². The molecule has 1 fully saturated rings. The number of nitriles is 1. The Labute approximate surface area is 233 Å². The fraction of sp³-hybridized carbons (Fsp3) is 0.387. The van der Waals surface area contributed by atoms with Gasteiger partial charge in [-0.15, -0.1) is 23.1 Å². The molecule has 5 rings (SSSR count). The van der Waals surface area contributed by atoms with E-state index < -0.39 is 5.25 Å². The molecule has 38 heavy (non-hydrogen) atoms. The Hall–Kier alpha value is -3.08. The van der Waals surface area contributed by atoms with Crippen LogP contribution in [0.1, 0.15) is 66.9 Å². The minimum absolute atomic E-state index is 0.0592. The SMILES string of the molecule is CC(C)(C)C1CCc2c(sc(NC(=O)C(Sc3cccc(NC(=O)C4CC4)c3)c3ccccc3)c2C#N)C1. The number of hydrogen-bond donors (Lipinski definition) is 2. The predicted octanol–water partition coefficient (Wildman–Crippen LogP) is 7.59. The van der Waals surface area contributed by atoms with Gasteiger partial charge in [-0.1, -0.05) is 57.2 Å². The number of amides is 2. The topological polar surface area (TPSA) is 82.0 Å². The molecule has 2 unspecified atom stereocenters.